The van der Waals surface area contributed by atoms with Gasteiger partial charge in [-0.1, -0.05) is 20.8 Å². The smallest absolute Gasteiger partial charge is 0.258 e. The molecule has 1 aliphatic heterocycles. The van der Waals surface area contributed by atoms with Crippen LogP contribution in [0.4, 0.5) is 0 Å². The average molecular weight is 382 g/mol. The van der Waals surface area contributed by atoms with Crippen LogP contribution in [0.3, 0.4) is 0 Å². The molecule has 0 bridgehead atoms. The number of aliphatic hydroxyl groups excluding tert-OH is 2. The normalized spacial score (nSPS) is 27.3. The molecule has 26 heavy (non-hydrogen) atoms. The number of aromatic nitrogens is 3. The minimum absolute atomic E-state index is 0.0431. The number of fused-ring (bicyclic) bond motifs is 1. The molecule has 1 unspecified atom stereocenters. The zero-order chi connectivity index (χ0) is 19.3. The molecule has 3 heterocycles. The van der Waals surface area contributed by atoms with E-state index in [1.165, 1.54) is 16.7 Å². The standard InChI is InChI=1S/C17H27N3O5Si/c1-17(2,3)26(4,5)25-14-11(10-21)24-15(13(14)23)20-8-6-12(22)19-9-7-18-16(19)20/h6-9,11,13-15,21,23H,10H2,1-5H3/t11-,13-,14?,15-/m1/s1. The first-order chi connectivity index (χ1) is 12.1. The van der Waals surface area contributed by atoms with Crippen LogP contribution in [0.5, 0.6) is 0 Å². The number of hydrogen-bond donors (Lipinski definition) is 2. The summed E-state index contributed by atoms with van der Waals surface area (Å²) in [5.41, 5.74) is -0.214. The van der Waals surface area contributed by atoms with Gasteiger partial charge in [0.2, 0.25) is 5.78 Å². The molecule has 2 aromatic rings. The van der Waals surface area contributed by atoms with Crippen LogP contribution in [0.25, 0.3) is 5.78 Å². The molecule has 0 amide bonds. The predicted octanol–water partition coefficient (Wildman–Crippen LogP) is 1.14. The van der Waals surface area contributed by atoms with Crippen molar-refractivity contribution in [2.24, 2.45) is 0 Å². The van der Waals surface area contributed by atoms with Gasteiger partial charge in [-0.25, -0.2) is 4.98 Å². The number of ether oxygens (including phenoxy) is 1. The highest BCUT2D eigenvalue weighted by atomic mass is 28.4. The summed E-state index contributed by atoms with van der Waals surface area (Å²) in [6, 6.07) is 1.39. The molecular formula is C17H27N3O5Si. The fourth-order valence-corrected chi connectivity index (χ4v) is 4.23. The van der Waals surface area contributed by atoms with Gasteiger partial charge in [-0.2, -0.15) is 0 Å². The van der Waals surface area contributed by atoms with Crippen LogP contribution in [-0.2, 0) is 9.16 Å². The third-order valence-corrected chi connectivity index (χ3v) is 9.94. The Bertz CT molecular complexity index is 841. The Balaban J connectivity index is 1.95. The highest BCUT2D eigenvalue weighted by Gasteiger charge is 2.50. The minimum Gasteiger partial charge on any atom is -0.408 e. The molecule has 0 spiro atoms. The number of aliphatic hydroxyl groups is 2. The van der Waals surface area contributed by atoms with Gasteiger partial charge in [0.05, 0.1) is 6.61 Å². The average Bonchev–Trinajstić information content (AvgIpc) is 3.14. The molecule has 1 aliphatic rings. The van der Waals surface area contributed by atoms with Crippen molar-refractivity contribution in [3.63, 3.8) is 0 Å². The van der Waals surface area contributed by atoms with Gasteiger partial charge >= 0.3 is 0 Å². The molecule has 1 fully saturated rings. The first-order valence-electron chi connectivity index (χ1n) is 8.73. The topological polar surface area (TPSA) is 98.2 Å². The van der Waals surface area contributed by atoms with Gasteiger partial charge in [0, 0.05) is 24.7 Å². The van der Waals surface area contributed by atoms with Crippen molar-refractivity contribution in [3.05, 3.63) is 35.0 Å². The Morgan fingerprint density at radius 2 is 2.04 bits per heavy atom. The summed E-state index contributed by atoms with van der Waals surface area (Å²) >= 11 is 0. The summed E-state index contributed by atoms with van der Waals surface area (Å²) in [5.74, 6) is 0.367. The van der Waals surface area contributed by atoms with Crippen molar-refractivity contribution in [1.29, 1.82) is 0 Å². The molecule has 2 N–H and O–H groups in total. The molecule has 1 saturated heterocycles. The Kier molecular flexibility index (Phi) is 4.87. The highest BCUT2D eigenvalue weighted by molar-refractivity contribution is 6.74. The van der Waals surface area contributed by atoms with Crippen LogP contribution in [0, 0.1) is 0 Å². The minimum atomic E-state index is -2.18. The van der Waals surface area contributed by atoms with Crippen LogP contribution in [0.2, 0.25) is 18.1 Å². The summed E-state index contributed by atoms with van der Waals surface area (Å²) in [6.45, 7) is 10.3. The molecule has 8 nitrogen and oxygen atoms in total. The maximum absolute atomic E-state index is 11.9. The lowest BCUT2D eigenvalue weighted by molar-refractivity contribution is -0.0512. The number of imidazole rings is 1. The second-order valence-corrected chi connectivity index (χ2v) is 13.0. The molecule has 9 heteroatoms. The molecule has 144 valence electrons. The quantitative estimate of drug-likeness (QED) is 0.771. The molecule has 0 aromatic carbocycles. The zero-order valence-electron chi connectivity index (χ0n) is 15.8. The van der Waals surface area contributed by atoms with E-state index in [1.807, 2.05) is 0 Å². The van der Waals surface area contributed by atoms with Crippen molar-refractivity contribution < 1.29 is 19.4 Å². The van der Waals surface area contributed by atoms with E-state index in [0.717, 1.165) is 0 Å². The summed E-state index contributed by atoms with van der Waals surface area (Å²) < 4.78 is 15.2. The maximum atomic E-state index is 11.9. The van der Waals surface area contributed by atoms with E-state index in [9.17, 15) is 15.0 Å². The van der Waals surface area contributed by atoms with Gasteiger partial charge in [-0.05, 0) is 18.1 Å². The van der Waals surface area contributed by atoms with Crippen LogP contribution >= 0.6 is 0 Å². The van der Waals surface area contributed by atoms with Gasteiger partial charge in [-0.15, -0.1) is 0 Å². The largest absolute Gasteiger partial charge is 0.408 e. The Hall–Kier alpha value is -1.52. The number of rotatable bonds is 4. The van der Waals surface area contributed by atoms with Gasteiger partial charge in [0.25, 0.3) is 5.56 Å². The zero-order valence-corrected chi connectivity index (χ0v) is 16.8. The molecular weight excluding hydrogens is 354 g/mol. The summed E-state index contributed by atoms with van der Waals surface area (Å²) in [4.78, 5) is 16.1. The van der Waals surface area contributed by atoms with Crippen LogP contribution in [0.1, 0.15) is 27.0 Å². The van der Waals surface area contributed by atoms with E-state index in [-0.39, 0.29) is 17.2 Å². The molecule has 0 saturated carbocycles. The lowest BCUT2D eigenvalue weighted by atomic mass is 10.1. The van der Waals surface area contributed by atoms with Crippen LogP contribution < -0.4 is 5.56 Å². The molecule has 0 radical (unpaired) electrons. The van der Waals surface area contributed by atoms with E-state index in [0.29, 0.717) is 5.78 Å². The Morgan fingerprint density at radius 1 is 1.35 bits per heavy atom. The van der Waals surface area contributed by atoms with E-state index >= 15 is 0 Å². The van der Waals surface area contributed by atoms with E-state index < -0.39 is 32.9 Å². The second kappa shape index (κ2) is 6.57. The van der Waals surface area contributed by atoms with Gasteiger partial charge in [-0.3, -0.25) is 13.8 Å². The third-order valence-electron chi connectivity index (χ3n) is 5.47. The Morgan fingerprint density at radius 3 is 2.65 bits per heavy atom. The van der Waals surface area contributed by atoms with Gasteiger partial charge in [0.1, 0.15) is 18.3 Å². The molecule has 4 atom stereocenters. The maximum Gasteiger partial charge on any atom is 0.258 e. The summed E-state index contributed by atoms with van der Waals surface area (Å²) in [7, 11) is -2.18. The SMILES string of the molecule is CC(C)(C)[Si](C)(C)OC1[C@@H](O)[C@H](n2ccc(=O)n3ccnc23)O[C@@H]1CO. The summed E-state index contributed by atoms with van der Waals surface area (Å²) in [5, 5.41) is 20.6. The summed E-state index contributed by atoms with van der Waals surface area (Å²) in [6.07, 6.45) is 1.52. The number of nitrogens with zero attached hydrogens (tertiary/aromatic N) is 3. The first-order valence-corrected chi connectivity index (χ1v) is 11.6. The lowest BCUT2D eigenvalue weighted by Crippen LogP contribution is -2.49. The van der Waals surface area contributed by atoms with E-state index in [2.05, 4.69) is 38.8 Å². The highest BCUT2D eigenvalue weighted by Crippen LogP contribution is 2.41. The Labute approximate surface area is 153 Å². The van der Waals surface area contributed by atoms with Crippen molar-refractivity contribution >= 4 is 14.1 Å². The van der Waals surface area contributed by atoms with Crippen molar-refractivity contribution in [3.8, 4) is 0 Å². The third kappa shape index (κ3) is 3.14. The van der Waals surface area contributed by atoms with Crippen molar-refractivity contribution in [1.82, 2.24) is 14.0 Å². The van der Waals surface area contributed by atoms with Gasteiger partial charge in [0.15, 0.2) is 14.5 Å². The lowest BCUT2D eigenvalue weighted by Gasteiger charge is -2.39. The molecule has 3 rings (SSSR count). The van der Waals surface area contributed by atoms with Crippen LogP contribution in [-0.4, -0.2) is 57.4 Å². The van der Waals surface area contributed by atoms with E-state index in [1.54, 1.807) is 17.0 Å². The number of hydrogen-bond acceptors (Lipinski definition) is 6. The fraction of sp³-hybridized carbons (Fsp3) is 0.647. The van der Waals surface area contributed by atoms with Crippen molar-refractivity contribution in [2.75, 3.05) is 6.61 Å². The fourth-order valence-electron chi connectivity index (χ4n) is 2.91. The van der Waals surface area contributed by atoms with Crippen LogP contribution in [0.15, 0.2) is 29.5 Å². The molecule has 0 aliphatic carbocycles. The molecule has 2 aromatic heterocycles. The first kappa shape index (κ1) is 19.2. The predicted molar refractivity (Wildman–Crippen MR) is 98.5 cm³/mol. The second-order valence-electron chi connectivity index (χ2n) is 8.24. The van der Waals surface area contributed by atoms with Crippen molar-refractivity contribution in [2.45, 2.75) is 63.4 Å². The van der Waals surface area contributed by atoms with E-state index in [4.69, 9.17) is 9.16 Å². The monoisotopic (exact) mass is 381 g/mol. The van der Waals surface area contributed by atoms with Gasteiger partial charge < -0.3 is 19.4 Å².